The number of fused-ring (bicyclic) bond motifs is 1. The summed E-state index contributed by atoms with van der Waals surface area (Å²) >= 11 is 0. The van der Waals surface area contributed by atoms with E-state index in [1.54, 1.807) is 10.6 Å². The first-order valence-electron chi connectivity index (χ1n) is 9.43. The molecule has 0 saturated heterocycles. The number of para-hydroxylation sites is 1. The summed E-state index contributed by atoms with van der Waals surface area (Å²) in [6.07, 6.45) is 3.72. The lowest BCUT2D eigenvalue weighted by Gasteiger charge is -2.20. The standard InChI is InChI=1S/C23H24N4O/c1-17(25(2)3)15-26-12-11-19(14-23(26)28)18-9-10-22-21(13-18)24-16-27(22)20-7-5-4-6-8-20/h4-14,16-17H,15H2,1-3H3. The van der Waals surface area contributed by atoms with Crippen LogP contribution in [0.3, 0.4) is 0 Å². The van der Waals surface area contributed by atoms with Crippen LogP contribution in [-0.2, 0) is 6.54 Å². The quantitative estimate of drug-likeness (QED) is 0.535. The molecule has 4 aromatic rings. The molecule has 2 aromatic heterocycles. The smallest absolute Gasteiger partial charge is 0.251 e. The van der Waals surface area contributed by atoms with Crippen LogP contribution < -0.4 is 5.56 Å². The minimum absolute atomic E-state index is 0.0149. The topological polar surface area (TPSA) is 43.1 Å². The molecule has 0 aliphatic heterocycles. The van der Waals surface area contributed by atoms with Gasteiger partial charge in [0.05, 0.1) is 11.0 Å². The molecule has 4 rings (SSSR count). The van der Waals surface area contributed by atoms with Crippen molar-refractivity contribution in [2.45, 2.75) is 19.5 Å². The predicted octanol–water partition coefficient (Wildman–Crippen LogP) is 3.80. The zero-order chi connectivity index (χ0) is 19.7. The molecule has 28 heavy (non-hydrogen) atoms. The lowest BCUT2D eigenvalue weighted by Crippen LogP contribution is -2.33. The monoisotopic (exact) mass is 372 g/mol. The van der Waals surface area contributed by atoms with Gasteiger partial charge in [-0.3, -0.25) is 9.36 Å². The summed E-state index contributed by atoms with van der Waals surface area (Å²) in [6.45, 7) is 2.78. The van der Waals surface area contributed by atoms with E-state index in [-0.39, 0.29) is 5.56 Å². The van der Waals surface area contributed by atoms with Crippen molar-refractivity contribution in [1.82, 2.24) is 19.0 Å². The molecule has 1 atom stereocenters. The summed E-state index contributed by atoms with van der Waals surface area (Å²) < 4.78 is 3.83. The Morgan fingerprint density at radius 1 is 1.00 bits per heavy atom. The number of hydrogen-bond acceptors (Lipinski definition) is 3. The van der Waals surface area contributed by atoms with Crippen molar-refractivity contribution in [3.05, 3.63) is 83.5 Å². The molecule has 0 saturated carbocycles. The van der Waals surface area contributed by atoms with Gasteiger partial charge in [-0.05, 0) is 62.5 Å². The van der Waals surface area contributed by atoms with Crippen LogP contribution in [0.15, 0.2) is 78.0 Å². The first-order valence-corrected chi connectivity index (χ1v) is 9.43. The van der Waals surface area contributed by atoms with Crippen molar-refractivity contribution >= 4 is 11.0 Å². The van der Waals surface area contributed by atoms with Gasteiger partial charge in [0.15, 0.2) is 0 Å². The van der Waals surface area contributed by atoms with E-state index < -0.39 is 0 Å². The normalized spacial score (nSPS) is 12.6. The zero-order valence-electron chi connectivity index (χ0n) is 16.4. The van der Waals surface area contributed by atoms with Gasteiger partial charge in [-0.1, -0.05) is 24.3 Å². The fourth-order valence-corrected chi connectivity index (χ4v) is 3.27. The second-order valence-electron chi connectivity index (χ2n) is 7.37. The first-order chi connectivity index (χ1) is 13.5. The molecule has 5 nitrogen and oxygen atoms in total. The second-order valence-corrected chi connectivity index (χ2v) is 7.37. The number of pyridine rings is 1. The van der Waals surface area contributed by atoms with Gasteiger partial charge in [0.2, 0.25) is 0 Å². The van der Waals surface area contributed by atoms with E-state index in [1.807, 2.05) is 63.0 Å². The maximum absolute atomic E-state index is 12.5. The number of rotatable bonds is 5. The molecule has 0 N–H and O–H groups in total. The largest absolute Gasteiger partial charge is 0.314 e. The van der Waals surface area contributed by atoms with Crippen molar-refractivity contribution in [3.8, 4) is 16.8 Å². The highest BCUT2D eigenvalue weighted by Crippen LogP contribution is 2.24. The summed E-state index contributed by atoms with van der Waals surface area (Å²) in [5, 5.41) is 0. The fourth-order valence-electron chi connectivity index (χ4n) is 3.27. The van der Waals surface area contributed by atoms with E-state index in [4.69, 9.17) is 0 Å². The lowest BCUT2D eigenvalue weighted by atomic mass is 10.1. The minimum atomic E-state index is 0.0149. The number of benzene rings is 2. The molecule has 0 amide bonds. The van der Waals surface area contributed by atoms with Crippen LogP contribution in [0.25, 0.3) is 27.8 Å². The summed E-state index contributed by atoms with van der Waals surface area (Å²) in [6, 6.07) is 20.3. The van der Waals surface area contributed by atoms with Gasteiger partial charge < -0.3 is 9.47 Å². The fraction of sp³-hybridized carbons (Fsp3) is 0.217. The van der Waals surface area contributed by atoms with Gasteiger partial charge in [0.1, 0.15) is 6.33 Å². The Balaban J connectivity index is 1.67. The molecular weight excluding hydrogens is 348 g/mol. The van der Waals surface area contributed by atoms with Gasteiger partial charge >= 0.3 is 0 Å². The van der Waals surface area contributed by atoms with Crippen LogP contribution >= 0.6 is 0 Å². The predicted molar refractivity (Wildman–Crippen MR) is 114 cm³/mol. The van der Waals surface area contributed by atoms with E-state index in [9.17, 15) is 4.79 Å². The number of hydrogen-bond donors (Lipinski definition) is 0. The van der Waals surface area contributed by atoms with Crippen molar-refractivity contribution in [2.75, 3.05) is 14.1 Å². The third-order valence-corrected chi connectivity index (χ3v) is 5.25. The van der Waals surface area contributed by atoms with Crippen LogP contribution in [0.1, 0.15) is 6.92 Å². The highest BCUT2D eigenvalue weighted by Gasteiger charge is 2.10. The van der Waals surface area contributed by atoms with E-state index >= 15 is 0 Å². The molecule has 0 aliphatic rings. The van der Waals surface area contributed by atoms with Gasteiger partial charge in [0.25, 0.3) is 5.56 Å². The molecule has 142 valence electrons. The number of likely N-dealkylation sites (N-methyl/N-ethyl adjacent to an activating group) is 1. The molecule has 0 radical (unpaired) electrons. The average molecular weight is 372 g/mol. The average Bonchev–Trinajstić information content (AvgIpc) is 3.13. The zero-order valence-corrected chi connectivity index (χ0v) is 16.4. The highest BCUT2D eigenvalue weighted by molar-refractivity contribution is 5.83. The summed E-state index contributed by atoms with van der Waals surface area (Å²) in [4.78, 5) is 19.2. The Hall–Kier alpha value is -3.18. The van der Waals surface area contributed by atoms with Crippen molar-refractivity contribution in [1.29, 1.82) is 0 Å². The van der Waals surface area contributed by atoms with Crippen LogP contribution in [0.5, 0.6) is 0 Å². The van der Waals surface area contributed by atoms with Crippen LogP contribution in [0.2, 0.25) is 0 Å². The van der Waals surface area contributed by atoms with Crippen molar-refractivity contribution < 1.29 is 0 Å². The SMILES string of the molecule is CC(Cn1ccc(-c2ccc3c(c2)ncn3-c2ccccc2)cc1=O)N(C)C. The Kier molecular flexibility index (Phi) is 4.84. The molecule has 2 aromatic carbocycles. The van der Waals surface area contributed by atoms with Gasteiger partial charge in [0, 0.05) is 30.5 Å². The number of imidazole rings is 1. The highest BCUT2D eigenvalue weighted by atomic mass is 16.1. The van der Waals surface area contributed by atoms with E-state index in [1.165, 1.54) is 0 Å². The molecule has 2 heterocycles. The van der Waals surface area contributed by atoms with Crippen LogP contribution in [0.4, 0.5) is 0 Å². The molecule has 0 bridgehead atoms. The maximum Gasteiger partial charge on any atom is 0.251 e. The first kappa shape index (κ1) is 18.2. The molecular formula is C23H24N4O. The molecule has 0 fully saturated rings. The third kappa shape index (κ3) is 3.49. The minimum Gasteiger partial charge on any atom is -0.314 e. The van der Waals surface area contributed by atoms with Gasteiger partial charge in [-0.15, -0.1) is 0 Å². The van der Waals surface area contributed by atoms with Crippen LogP contribution in [-0.4, -0.2) is 39.2 Å². The van der Waals surface area contributed by atoms with Crippen molar-refractivity contribution in [2.24, 2.45) is 0 Å². The van der Waals surface area contributed by atoms with Gasteiger partial charge in [-0.2, -0.15) is 0 Å². The Morgan fingerprint density at radius 2 is 1.75 bits per heavy atom. The van der Waals surface area contributed by atoms with E-state index in [0.29, 0.717) is 12.6 Å². The Morgan fingerprint density at radius 3 is 2.46 bits per heavy atom. The Bertz CT molecular complexity index is 1160. The third-order valence-electron chi connectivity index (χ3n) is 5.25. The van der Waals surface area contributed by atoms with Gasteiger partial charge in [-0.25, -0.2) is 4.98 Å². The number of aromatic nitrogens is 3. The summed E-state index contributed by atoms with van der Waals surface area (Å²) in [7, 11) is 4.04. The molecule has 1 unspecified atom stereocenters. The van der Waals surface area contributed by atoms with E-state index in [0.717, 1.165) is 27.8 Å². The maximum atomic E-state index is 12.5. The van der Waals surface area contributed by atoms with E-state index in [2.05, 4.69) is 39.6 Å². The van der Waals surface area contributed by atoms with Crippen molar-refractivity contribution in [3.63, 3.8) is 0 Å². The molecule has 5 heteroatoms. The Labute approximate surface area is 164 Å². The number of nitrogens with zero attached hydrogens (tertiary/aromatic N) is 4. The summed E-state index contributed by atoms with van der Waals surface area (Å²) in [5.74, 6) is 0. The van der Waals surface area contributed by atoms with Crippen LogP contribution in [0, 0.1) is 0 Å². The second kappa shape index (κ2) is 7.44. The molecule has 0 spiro atoms. The molecule has 0 aliphatic carbocycles. The lowest BCUT2D eigenvalue weighted by molar-refractivity contribution is 0.281. The summed E-state index contributed by atoms with van der Waals surface area (Å²) in [5.41, 5.74) is 4.96.